The van der Waals surface area contributed by atoms with Crippen LogP contribution >= 0.6 is 0 Å². The zero-order valence-corrected chi connectivity index (χ0v) is 19.5. The van der Waals surface area contributed by atoms with Crippen LogP contribution in [0.2, 0.25) is 0 Å². The molecule has 0 bridgehead atoms. The summed E-state index contributed by atoms with van der Waals surface area (Å²) in [6.45, 7) is 11.8. The number of ether oxygens (including phenoxy) is 1. The van der Waals surface area contributed by atoms with Crippen molar-refractivity contribution in [3.8, 4) is 0 Å². The number of amides is 1. The molecule has 3 atom stereocenters. The molecular weight excluding hydrogens is 441 g/mol. The van der Waals surface area contributed by atoms with Crippen molar-refractivity contribution >= 4 is 5.91 Å². The van der Waals surface area contributed by atoms with Gasteiger partial charge in [-0.1, -0.05) is 54.1 Å². The molecule has 1 fully saturated rings. The van der Waals surface area contributed by atoms with E-state index in [0.29, 0.717) is 30.5 Å². The van der Waals surface area contributed by atoms with Crippen LogP contribution in [0.3, 0.4) is 0 Å². The molecule has 7 heteroatoms. The molecule has 1 amide bonds. The average Bonchev–Trinajstić information content (AvgIpc) is 3.20. The normalized spacial score (nSPS) is 20.9. The third-order valence-electron chi connectivity index (χ3n) is 6.39. The maximum atomic E-state index is 13.3. The SMILES string of the molecule is C=C[C@@]1(CN[C@](C=C)(COC(C)c2cc(C)cc(C(F)(F)F)c2)c2ccccc2)CCC(=O)N1. The van der Waals surface area contributed by atoms with Crippen molar-refractivity contribution in [2.45, 2.75) is 50.0 Å². The minimum atomic E-state index is -4.43. The topological polar surface area (TPSA) is 50.4 Å². The first-order chi connectivity index (χ1) is 16.0. The second kappa shape index (κ2) is 10.2. The Kier molecular flexibility index (Phi) is 7.68. The molecule has 2 aromatic rings. The van der Waals surface area contributed by atoms with Gasteiger partial charge in [-0.05, 0) is 43.5 Å². The van der Waals surface area contributed by atoms with Crippen molar-refractivity contribution in [3.63, 3.8) is 0 Å². The van der Waals surface area contributed by atoms with Gasteiger partial charge in [-0.2, -0.15) is 13.2 Å². The molecule has 1 saturated heterocycles. The lowest BCUT2D eigenvalue weighted by atomic mass is 9.88. The Bertz CT molecular complexity index is 1040. The first kappa shape index (κ1) is 25.7. The quantitative estimate of drug-likeness (QED) is 0.443. The van der Waals surface area contributed by atoms with Crippen LogP contribution in [0.1, 0.15) is 48.1 Å². The van der Waals surface area contributed by atoms with E-state index in [2.05, 4.69) is 23.8 Å². The molecular formula is C27H31F3N2O2. The van der Waals surface area contributed by atoms with E-state index in [4.69, 9.17) is 4.74 Å². The first-order valence-electron chi connectivity index (χ1n) is 11.2. The molecule has 1 aliphatic heterocycles. The van der Waals surface area contributed by atoms with Gasteiger partial charge in [0, 0.05) is 13.0 Å². The third-order valence-corrected chi connectivity index (χ3v) is 6.39. The van der Waals surface area contributed by atoms with Gasteiger partial charge in [0.2, 0.25) is 5.91 Å². The van der Waals surface area contributed by atoms with E-state index >= 15 is 0 Å². The number of carbonyl (C=O) groups is 1. The van der Waals surface area contributed by atoms with Crippen molar-refractivity contribution < 1.29 is 22.7 Å². The van der Waals surface area contributed by atoms with E-state index in [-0.39, 0.29) is 12.5 Å². The highest BCUT2D eigenvalue weighted by Crippen LogP contribution is 2.34. The molecule has 2 aromatic carbocycles. The molecule has 4 nitrogen and oxygen atoms in total. The van der Waals surface area contributed by atoms with E-state index in [1.165, 1.54) is 0 Å². The summed E-state index contributed by atoms with van der Waals surface area (Å²) in [5.41, 5.74) is -0.273. The molecule has 1 aliphatic rings. The highest BCUT2D eigenvalue weighted by molar-refractivity contribution is 5.80. The Morgan fingerprint density at radius 1 is 1.18 bits per heavy atom. The van der Waals surface area contributed by atoms with E-state index in [1.807, 2.05) is 30.3 Å². The van der Waals surface area contributed by atoms with Crippen LogP contribution in [0.5, 0.6) is 0 Å². The number of halogens is 3. The molecule has 34 heavy (non-hydrogen) atoms. The van der Waals surface area contributed by atoms with Crippen LogP contribution in [0.4, 0.5) is 13.2 Å². The molecule has 1 heterocycles. The number of hydrogen-bond donors (Lipinski definition) is 2. The number of hydrogen-bond acceptors (Lipinski definition) is 3. The van der Waals surface area contributed by atoms with Crippen LogP contribution in [0, 0.1) is 6.92 Å². The van der Waals surface area contributed by atoms with Crippen molar-refractivity contribution in [1.29, 1.82) is 0 Å². The number of rotatable bonds is 10. The Balaban J connectivity index is 1.85. The summed E-state index contributed by atoms with van der Waals surface area (Å²) in [4.78, 5) is 11.9. The fraction of sp³-hybridized carbons (Fsp3) is 0.370. The van der Waals surface area contributed by atoms with E-state index in [1.54, 1.807) is 32.1 Å². The van der Waals surface area contributed by atoms with Crippen molar-refractivity contribution in [2.75, 3.05) is 13.2 Å². The third kappa shape index (κ3) is 5.77. The fourth-order valence-electron chi connectivity index (χ4n) is 4.20. The Morgan fingerprint density at radius 2 is 1.88 bits per heavy atom. The largest absolute Gasteiger partial charge is 0.416 e. The lowest BCUT2D eigenvalue weighted by Crippen LogP contribution is -2.55. The Morgan fingerprint density at radius 3 is 2.44 bits per heavy atom. The minimum absolute atomic E-state index is 0.0320. The maximum absolute atomic E-state index is 13.3. The zero-order chi connectivity index (χ0) is 25.0. The molecule has 0 spiro atoms. The standard InChI is InChI=1S/C27H31F3N2O2/c1-5-25(13-12-24(33)32-25)17-31-26(6-2,22-10-8-7-9-11-22)18-34-20(4)21-14-19(3)15-23(16-21)27(28,29)30/h5-11,14-16,20,31H,1-2,12-13,17-18H2,3-4H3,(H,32,33)/t20?,25-,26+/m0/s1. The van der Waals surface area contributed by atoms with Crippen LogP contribution in [-0.2, 0) is 21.2 Å². The summed E-state index contributed by atoms with van der Waals surface area (Å²) in [5, 5.41) is 6.48. The monoisotopic (exact) mass is 472 g/mol. The molecule has 0 aliphatic carbocycles. The van der Waals surface area contributed by atoms with Gasteiger partial charge in [-0.3, -0.25) is 10.1 Å². The fourth-order valence-corrected chi connectivity index (χ4v) is 4.20. The highest BCUT2D eigenvalue weighted by Gasteiger charge is 2.39. The molecule has 182 valence electrons. The van der Waals surface area contributed by atoms with Gasteiger partial charge >= 0.3 is 6.18 Å². The summed E-state index contributed by atoms with van der Waals surface area (Å²) in [6, 6.07) is 13.5. The summed E-state index contributed by atoms with van der Waals surface area (Å²) >= 11 is 0. The lowest BCUT2D eigenvalue weighted by molar-refractivity contribution is -0.137. The second-order valence-electron chi connectivity index (χ2n) is 8.89. The number of nitrogens with one attached hydrogen (secondary N) is 2. The Hall–Kier alpha value is -2.90. The molecule has 0 aromatic heterocycles. The average molecular weight is 473 g/mol. The zero-order valence-electron chi connectivity index (χ0n) is 19.5. The van der Waals surface area contributed by atoms with E-state index in [9.17, 15) is 18.0 Å². The number of aryl methyl sites for hydroxylation is 1. The summed E-state index contributed by atoms with van der Waals surface area (Å²) in [6.07, 6.45) is -0.515. The second-order valence-corrected chi connectivity index (χ2v) is 8.89. The summed E-state index contributed by atoms with van der Waals surface area (Å²) in [7, 11) is 0. The molecule has 3 rings (SSSR count). The lowest BCUT2D eigenvalue weighted by Gasteiger charge is -2.37. The van der Waals surface area contributed by atoms with Crippen molar-refractivity contribution in [2.24, 2.45) is 0 Å². The van der Waals surface area contributed by atoms with Gasteiger partial charge in [-0.15, -0.1) is 13.2 Å². The first-order valence-corrected chi connectivity index (χ1v) is 11.2. The number of carbonyl (C=O) groups excluding carboxylic acids is 1. The van der Waals surface area contributed by atoms with Crippen LogP contribution < -0.4 is 10.6 Å². The molecule has 0 radical (unpaired) electrons. The van der Waals surface area contributed by atoms with Gasteiger partial charge in [0.05, 0.1) is 29.4 Å². The van der Waals surface area contributed by atoms with Crippen LogP contribution in [-0.4, -0.2) is 24.6 Å². The number of alkyl halides is 3. The number of benzene rings is 2. The Labute approximate surface area is 198 Å². The van der Waals surface area contributed by atoms with Crippen LogP contribution in [0.25, 0.3) is 0 Å². The van der Waals surface area contributed by atoms with Gasteiger partial charge in [0.1, 0.15) is 0 Å². The van der Waals surface area contributed by atoms with E-state index < -0.39 is 28.9 Å². The van der Waals surface area contributed by atoms with Gasteiger partial charge in [0.15, 0.2) is 0 Å². The summed E-state index contributed by atoms with van der Waals surface area (Å²) < 4.78 is 46.1. The highest BCUT2D eigenvalue weighted by atomic mass is 19.4. The molecule has 0 saturated carbocycles. The summed E-state index contributed by atoms with van der Waals surface area (Å²) in [5.74, 6) is -0.0320. The minimum Gasteiger partial charge on any atom is -0.371 e. The van der Waals surface area contributed by atoms with Gasteiger partial charge < -0.3 is 10.1 Å². The van der Waals surface area contributed by atoms with Gasteiger partial charge in [-0.25, -0.2) is 0 Å². The van der Waals surface area contributed by atoms with Crippen LogP contribution in [0.15, 0.2) is 73.8 Å². The molecule has 1 unspecified atom stereocenters. The predicted octanol–water partition coefficient (Wildman–Crippen LogP) is 5.60. The van der Waals surface area contributed by atoms with Crippen molar-refractivity contribution in [1.82, 2.24) is 10.6 Å². The molecule has 2 N–H and O–H groups in total. The van der Waals surface area contributed by atoms with Crippen molar-refractivity contribution in [3.05, 3.63) is 96.1 Å². The van der Waals surface area contributed by atoms with E-state index in [0.717, 1.165) is 17.7 Å². The predicted molar refractivity (Wildman–Crippen MR) is 127 cm³/mol. The van der Waals surface area contributed by atoms with Gasteiger partial charge in [0.25, 0.3) is 0 Å². The smallest absolute Gasteiger partial charge is 0.371 e. The maximum Gasteiger partial charge on any atom is 0.416 e.